The highest BCUT2D eigenvalue weighted by Gasteiger charge is 2.30. The van der Waals surface area contributed by atoms with Crippen LogP contribution in [0.4, 0.5) is 11.5 Å². The Kier molecular flexibility index (Phi) is 5.50. The number of hydrogen-bond donors (Lipinski definition) is 1. The predicted octanol–water partition coefficient (Wildman–Crippen LogP) is 3.63. The van der Waals surface area contributed by atoms with Gasteiger partial charge in [0.25, 0.3) is 0 Å². The van der Waals surface area contributed by atoms with Gasteiger partial charge in [-0.1, -0.05) is 30.0 Å². The smallest absolute Gasteiger partial charge is 0.247 e. The molecule has 10 heteroatoms. The van der Waals surface area contributed by atoms with Crippen LogP contribution in [0.15, 0.2) is 66.2 Å². The van der Waals surface area contributed by atoms with E-state index < -0.39 is 0 Å². The number of amides is 1. The highest BCUT2D eigenvalue weighted by Crippen LogP contribution is 2.33. The molecule has 0 spiro atoms. The first-order valence-corrected chi connectivity index (χ1v) is 12.5. The SMILES string of the molecule is O=C(Nc1ccccc1-c1cn2c(n1)SCC2)C1CCCCN1c1ccc(-n2cccn2)nn1. The van der Waals surface area contributed by atoms with E-state index in [4.69, 9.17) is 4.98 Å². The van der Waals surface area contributed by atoms with Gasteiger partial charge >= 0.3 is 0 Å². The van der Waals surface area contributed by atoms with E-state index >= 15 is 0 Å². The first kappa shape index (κ1) is 20.9. The lowest BCUT2D eigenvalue weighted by Gasteiger charge is -2.35. The van der Waals surface area contributed by atoms with Crippen molar-refractivity contribution in [3.8, 4) is 17.1 Å². The van der Waals surface area contributed by atoms with Gasteiger partial charge < -0.3 is 14.8 Å². The third-order valence-corrected chi connectivity index (χ3v) is 7.21. The summed E-state index contributed by atoms with van der Waals surface area (Å²) in [6, 6.07) is 13.2. The van der Waals surface area contributed by atoms with E-state index in [1.165, 1.54) is 0 Å². The van der Waals surface area contributed by atoms with Gasteiger partial charge in [0.05, 0.1) is 11.4 Å². The number of carbonyl (C=O) groups is 1. The van der Waals surface area contributed by atoms with Crippen molar-refractivity contribution in [3.05, 3.63) is 61.1 Å². The molecule has 0 bridgehead atoms. The number of anilines is 2. The van der Waals surface area contributed by atoms with Crippen LogP contribution in [0.3, 0.4) is 0 Å². The Morgan fingerprint density at radius 3 is 2.74 bits per heavy atom. The van der Waals surface area contributed by atoms with E-state index in [0.29, 0.717) is 11.6 Å². The fraction of sp³-hybridized carbons (Fsp3) is 0.292. The zero-order valence-corrected chi connectivity index (χ0v) is 19.4. The van der Waals surface area contributed by atoms with Crippen LogP contribution in [0, 0.1) is 0 Å². The van der Waals surface area contributed by atoms with Crippen molar-refractivity contribution < 1.29 is 4.79 Å². The van der Waals surface area contributed by atoms with Crippen molar-refractivity contribution in [2.45, 2.75) is 37.0 Å². The first-order valence-electron chi connectivity index (χ1n) is 11.5. The zero-order chi connectivity index (χ0) is 22.9. The average Bonchev–Trinajstić information content (AvgIpc) is 3.63. The third-order valence-electron chi connectivity index (χ3n) is 6.24. The van der Waals surface area contributed by atoms with Crippen molar-refractivity contribution in [1.29, 1.82) is 0 Å². The number of carbonyl (C=O) groups excluding carboxylic acids is 1. The van der Waals surface area contributed by atoms with Gasteiger partial charge in [-0.05, 0) is 43.5 Å². The molecule has 6 rings (SSSR count). The molecule has 172 valence electrons. The quantitative estimate of drug-likeness (QED) is 0.474. The molecular formula is C24H24N8OS. The summed E-state index contributed by atoms with van der Waals surface area (Å²) in [5.41, 5.74) is 2.60. The van der Waals surface area contributed by atoms with E-state index in [0.717, 1.165) is 60.2 Å². The minimum Gasteiger partial charge on any atom is -0.343 e. The number of imidazole rings is 1. The first-order chi connectivity index (χ1) is 16.8. The van der Waals surface area contributed by atoms with Gasteiger partial charge in [0, 0.05) is 43.0 Å². The van der Waals surface area contributed by atoms with Gasteiger partial charge in [0.15, 0.2) is 16.8 Å². The van der Waals surface area contributed by atoms with Crippen molar-refractivity contribution in [1.82, 2.24) is 29.5 Å². The molecule has 1 N–H and O–H groups in total. The van der Waals surface area contributed by atoms with Gasteiger partial charge in [-0.25, -0.2) is 9.67 Å². The molecule has 1 atom stereocenters. The highest BCUT2D eigenvalue weighted by molar-refractivity contribution is 7.99. The molecule has 4 aromatic rings. The monoisotopic (exact) mass is 472 g/mol. The summed E-state index contributed by atoms with van der Waals surface area (Å²) in [5, 5.41) is 17.1. The van der Waals surface area contributed by atoms with Crippen LogP contribution in [0.5, 0.6) is 0 Å². The third kappa shape index (κ3) is 3.94. The van der Waals surface area contributed by atoms with Crippen molar-refractivity contribution in [2.75, 3.05) is 22.5 Å². The number of thioether (sulfide) groups is 1. The van der Waals surface area contributed by atoms with E-state index in [-0.39, 0.29) is 11.9 Å². The second-order valence-corrected chi connectivity index (χ2v) is 9.45. The maximum atomic E-state index is 13.5. The number of aryl methyl sites for hydroxylation is 1. The molecule has 1 aromatic carbocycles. The van der Waals surface area contributed by atoms with Crippen LogP contribution in [0.1, 0.15) is 19.3 Å². The summed E-state index contributed by atoms with van der Waals surface area (Å²) in [7, 11) is 0. The number of piperidine rings is 1. The Hall–Kier alpha value is -3.66. The number of fused-ring (bicyclic) bond motifs is 1. The Bertz CT molecular complexity index is 1280. The minimum atomic E-state index is -0.311. The van der Waals surface area contributed by atoms with Crippen LogP contribution >= 0.6 is 11.8 Å². The van der Waals surface area contributed by atoms with E-state index in [9.17, 15) is 4.79 Å². The van der Waals surface area contributed by atoms with Crippen molar-refractivity contribution in [2.24, 2.45) is 0 Å². The standard InChI is InChI=1S/C24H24N8OS/c33-23(26-18-7-2-1-6-17(18)19-16-30-14-15-34-24(30)27-19)20-8-3-4-12-31(20)21-9-10-22(29-28-21)32-13-5-11-25-32/h1-2,5-7,9-11,13,16,20H,3-4,8,12,14-15H2,(H,26,33). The lowest BCUT2D eigenvalue weighted by Crippen LogP contribution is -2.47. The van der Waals surface area contributed by atoms with Crippen molar-refractivity contribution in [3.63, 3.8) is 0 Å². The Balaban J connectivity index is 1.23. The Morgan fingerprint density at radius 2 is 1.91 bits per heavy atom. The summed E-state index contributed by atoms with van der Waals surface area (Å²) in [5.74, 6) is 2.37. The lowest BCUT2D eigenvalue weighted by molar-refractivity contribution is -0.117. The van der Waals surface area contributed by atoms with Gasteiger partial charge in [-0.2, -0.15) is 5.10 Å². The second kappa shape index (κ2) is 8.94. The summed E-state index contributed by atoms with van der Waals surface area (Å²) < 4.78 is 3.84. The maximum absolute atomic E-state index is 13.5. The molecule has 2 aliphatic rings. The largest absolute Gasteiger partial charge is 0.343 e. The number of nitrogens with one attached hydrogen (secondary N) is 1. The van der Waals surface area contributed by atoms with Crippen LogP contribution < -0.4 is 10.2 Å². The number of rotatable bonds is 5. The Morgan fingerprint density at radius 1 is 1.03 bits per heavy atom. The molecule has 5 heterocycles. The number of benzene rings is 1. The summed E-state index contributed by atoms with van der Waals surface area (Å²) >= 11 is 1.76. The van der Waals surface area contributed by atoms with E-state index in [1.807, 2.05) is 48.7 Å². The normalized spacial score (nSPS) is 17.5. The average molecular weight is 473 g/mol. The van der Waals surface area contributed by atoms with Crippen LogP contribution in [0.2, 0.25) is 0 Å². The number of para-hydroxylation sites is 1. The maximum Gasteiger partial charge on any atom is 0.247 e. The van der Waals surface area contributed by atoms with Gasteiger partial charge in [-0.15, -0.1) is 10.2 Å². The molecule has 34 heavy (non-hydrogen) atoms. The molecule has 0 radical (unpaired) electrons. The topological polar surface area (TPSA) is 93.8 Å². The predicted molar refractivity (Wildman–Crippen MR) is 131 cm³/mol. The van der Waals surface area contributed by atoms with Crippen LogP contribution in [-0.4, -0.2) is 53.8 Å². The number of aromatic nitrogens is 6. The number of hydrogen-bond acceptors (Lipinski definition) is 7. The molecule has 1 saturated heterocycles. The zero-order valence-electron chi connectivity index (χ0n) is 18.5. The number of nitrogens with zero attached hydrogens (tertiary/aromatic N) is 7. The summed E-state index contributed by atoms with van der Waals surface area (Å²) in [6.07, 6.45) is 8.39. The summed E-state index contributed by atoms with van der Waals surface area (Å²) in [4.78, 5) is 20.3. The molecule has 1 unspecified atom stereocenters. The van der Waals surface area contributed by atoms with Crippen LogP contribution in [0.25, 0.3) is 17.1 Å². The fourth-order valence-electron chi connectivity index (χ4n) is 4.55. The molecular weight excluding hydrogens is 448 g/mol. The highest BCUT2D eigenvalue weighted by atomic mass is 32.2. The van der Waals surface area contributed by atoms with Crippen molar-refractivity contribution >= 4 is 29.2 Å². The van der Waals surface area contributed by atoms with Gasteiger partial charge in [0.2, 0.25) is 5.91 Å². The molecule has 9 nitrogen and oxygen atoms in total. The molecule has 2 aliphatic heterocycles. The molecule has 0 aliphatic carbocycles. The van der Waals surface area contributed by atoms with Gasteiger partial charge in [0.1, 0.15) is 6.04 Å². The van der Waals surface area contributed by atoms with E-state index in [2.05, 4.69) is 36.3 Å². The Labute approximate surface area is 201 Å². The van der Waals surface area contributed by atoms with Gasteiger partial charge in [-0.3, -0.25) is 4.79 Å². The second-order valence-electron chi connectivity index (χ2n) is 8.39. The molecule has 1 fully saturated rings. The summed E-state index contributed by atoms with van der Waals surface area (Å²) in [6.45, 7) is 1.74. The van der Waals surface area contributed by atoms with Crippen LogP contribution in [-0.2, 0) is 11.3 Å². The minimum absolute atomic E-state index is 0.0359. The lowest BCUT2D eigenvalue weighted by atomic mass is 10.0. The van der Waals surface area contributed by atoms with E-state index in [1.54, 1.807) is 22.6 Å². The molecule has 0 saturated carbocycles. The fourth-order valence-corrected chi connectivity index (χ4v) is 5.49. The molecule has 3 aromatic heterocycles. The molecule has 1 amide bonds.